The zero-order valence-electron chi connectivity index (χ0n) is 17.5. The van der Waals surface area contributed by atoms with Gasteiger partial charge in [-0.25, -0.2) is 4.39 Å². The van der Waals surface area contributed by atoms with Crippen LogP contribution in [0.1, 0.15) is 18.9 Å². The maximum Gasteiger partial charge on any atom is 0.269 e. The van der Waals surface area contributed by atoms with Crippen LogP contribution in [0.25, 0.3) is 0 Å². The predicted octanol–water partition coefficient (Wildman–Crippen LogP) is 2.85. The normalized spacial score (nSPS) is 26.2. The lowest BCUT2D eigenvalue weighted by Crippen LogP contribution is -2.60. The summed E-state index contributed by atoms with van der Waals surface area (Å²) in [6, 6.07) is 6.01. The minimum atomic E-state index is -0.766. The van der Waals surface area contributed by atoms with Crippen molar-refractivity contribution in [3.63, 3.8) is 0 Å². The van der Waals surface area contributed by atoms with Gasteiger partial charge in [-0.1, -0.05) is 0 Å². The van der Waals surface area contributed by atoms with Gasteiger partial charge in [0, 0.05) is 36.0 Å². The number of amides is 1. The van der Waals surface area contributed by atoms with Crippen LogP contribution in [0.2, 0.25) is 0 Å². The molecule has 0 aromatic heterocycles. The molecule has 3 heterocycles. The van der Waals surface area contributed by atoms with E-state index in [1.54, 1.807) is 35.7 Å². The number of carbonyl (C=O) groups is 1. The van der Waals surface area contributed by atoms with E-state index in [0.717, 1.165) is 17.9 Å². The number of β-lactam (4-membered cyclic amide) rings is 1. The molecule has 1 aromatic carbocycles. The summed E-state index contributed by atoms with van der Waals surface area (Å²) >= 11 is 7.11. The standard InChI is InChI=1S/C21H24FN3O5S2/c1-12(26)16-19(27)24-17(18(32-20(16)24)14-6-8-23(10-14)9-7-22)21(31)30-11-13-2-4-15(5-3-13)25(28)29/h2-5,12,14,16,20,26H,6-11H2,1H3/t12-,14-,16+,20+/m0/s1. The van der Waals surface area contributed by atoms with Crippen molar-refractivity contribution >= 4 is 40.6 Å². The molecule has 0 radical (unpaired) electrons. The van der Waals surface area contributed by atoms with Crippen LogP contribution in [0, 0.1) is 22.0 Å². The number of thioether (sulfide) groups is 1. The molecular weight excluding hydrogens is 457 g/mol. The van der Waals surface area contributed by atoms with E-state index in [-0.39, 0.29) is 34.5 Å². The fourth-order valence-corrected chi connectivity index (χ4v) is 6.47. The number of hydrogen-bond acceptors (Lipinski definition) is 8. The second kappa shape index (κ2) is 9.42. The summed E-state index contributed by atoms with van der Waals surface area (Å²) in [5.41, 5.74) is 1.28. The number of rotatable bonds is 8. The van der Waals surface area contributed by atoms with E-state index < -0.39 is 23.6 Å². The van der Waals surface area contributed by atoms with Gasteiger partial charge in [0.25, 0.3) is 5.69 Å². The van der Waals surface area contributed by atoms with E-state index in [1.165, 1.54) is 12.1 Å². The van der Waals surface area contributed by atoms with Crippen molar-refractivity contribution in [1.29, 1.82) is 0 Å². The van der Waals surface area contributed by atoms with Crippen molar-refractivity contribution in [2.75, 3.05) is 26.3 Å². The first-order valence-corrected chi connectivity index (χ1v) is 11.7. The first-order chi connectivity index (χ1) is 15.3. The van der Waals surface area contributed by atoms with Crippen LogP contribution in [0.3, 0.4) is 0 Å². The number of nitro groups is 1. The summed E-state index contributed by atoms with van der Waals surface area (Å²) in [6.07, 6.45) is 0.0725. The van der Waals surface area contributed by atoms with Gasteiger partial charge in [-0.05, 0) is 49.8 Å². The van der Waals surface area contributed by atoms with Gasteiger partial charge in [-0.3, -0.25) is 19.8 Å². The Balaban J connectivity index is 1.52. The molecule has 0 aliphatic carbocycles. The van der Waals surface area contributed by atoms with Gasteiger partial charge in [0.2, 0.25) is 11.0 Å². The molecular formula is C21H24FN3O5S2. The average Bonchev–Trinajstić information content (AvgIpc) is 3.34. The Morgan fingerprint density at radius 1 is 1.44 bits per heavy atom. The van der Waals surface area contributed by atoms with E-state index in [2.05, 4.69) is 4.90 Å². The average molecular weight is 482 g/mol. The number of fused-ring (bicyclic) bond motifs is 1. The second-order valence-electron chi connectivity index (χ2n) is 8.17. The first-order valence-electron chi connectivity index (χ1n) is 10.4. The third kappa shape index (κ3) is 4.26. The number of benzene rings is 1. The monoisotopic (exact) mass is 481 g/mol. The molecule has 4 atom stereocenters. The molecule has 32 heavy (non-hydrogen) atoms. The van der Waals surface area contributed by atoms with Gasteiger partial charge in [0.15, 0.2) is 0 Å². The quantitative estimate of drug-likeness (QED) is 0.262. The molecule has 0 spiro atoms. The van der Waals surface area contributed by atoms with E-state index in [9.17, 15) is 24.4 Å². The van der Waals surface area contributed by atoms with E-state index in [1.807, 2.05) is 0 Å². The van der Waals surface area contributed by atoms with Crippen LogP contribution in [-0.4, -0.2) is 68.6 Å². The topological polar surface area (TPSA) is 96.1 Å². The van der Waals surface area contributed by atoms with Crippen LogP contribution in [-0.2, 0) is 16.1 Å². The Hall–Kier alpha value is -2.08. The fourth-order valence-electron chi connectivity index (χ4n) is 4.39. The summed E-state index contributed by atoms with van der Waals surface area (Å²) in [5, 5.41) is 20.8. The summed E-state index contributed by atoms with van der Waals surface area (Å²) in [5.74, 6) is -0.550. The zero-order valence-corrected chi connectivity index (χ0v) is 19.1. The second-order valence-corrected chi connectivity index (χ2v) is 9.70. The number of aliphatic hydroxyl groups excluding tert-OH is 1. The van der Waals surface area contributed by atoms with Gasteiger partial charge in [0.05, 0.1) is 16.9 Å². The number of likely N-dealkylation sites (tertiary alicyclic amines) is 1. The van der Waals surface area contributed by atoms with Gasteiger partial charge in [-0.2, -0.15) is 0 Å². The molecule has 0 saturated carbocycles. The molecule has 1 aromatic rings. The largest absolute Gasteiger partial charge is 0.477 e. The van der Waals surface area contributed by atoms with Crippen LogP contribution in [0.5, 0.6) is 0 Å². The van der Waals surface area contributed by atoms with Crippen LogP contribution >= 0.6 is 24.0 Å². The first kappa shape index (κ1) is 23.1. The zero-order chi connectivity index (χ0) is 23.0. The number of carbonyl (C=O) groups excluding carboxylic acids is 1. The number of nitro benzene ring substituents is 1. The van der Waals surface area contributed by atoms with Gasteiger partial charge >= 0.3 is 0 Å². The number of alkyl halides is 1. The lowest BCUT2D eigenvalue weighted by molar-refractivity contribution is -0.384. The Kier molecular flexibility index (Phi) is 6.80. The molecule has 3 aliphatic rings. The van der Waals surface area contributed by atoms with E-state index in [0.29, 0.717) is 24.4 Å². The Bertz CT molecular complexity index is 955. The van der Waals surface area contributed by atoms with E-state index >= 15 is 0 Å². The molecule has 4 rings (SSSR count). The number of aliphatic hydroxyl groups is 1. The molecule has 0 bridgehead atoms. The summed E-state index contributed by atoms with van der Waals surface area (Å²) in [4.78, 5) is 27.8. The highest BCUT2D eigenvalue weighted by atomic mass is 32.2. The Morgan fingerprint density at radius 2 is 2.16 bits per heavy atom. The van der Waals surface area contributed by atoms with Crippen molar-refractivity contribution in [3.05, 3.63) is 50.5 Å². The molecule has 172 valence electrons. The van der Waals surface area contributed by atoms with Crippen molar-refractivity contribution in [2.45, 2.75) is 31.4 Å². The van der Waals surface area contributed by atoms with Crippen molar-refractivity contribution in [1.82, 2.24) is 9.80 Å². The molecule has 1 amide bonds. The maximum atomic E-state index is 12.8. The SMILES string of the molecule is C[C@H](O)[C@@H]1C(=O)N2C(C(=S)OCc3ccc([N+](=O)[O-])cc3)=C([C@H]3CCN(CCF)C3)S[C@H]12. The summed E-state index contributed by atoms with van der Waals surface area (Å²) < 4.78 is 18.6. The molecule has 11 heteroatoms. The number of ether oxygens (including phenoxy) is 1. The summed E-state index contributed by atoms with van der Waals surface area (Å²) in [7, 11) is 0. The van der Waals surface area contributed by atoms with E-state index in [4.69, 9.17) is 17.0 Å². The molecule has 0 unspecified atom stereocenters. The lowest BCUT2D eigenvalue weighted by atomic mass is 9.92. The van der Waals surface area contributed by atoms with Crippen molar-refractivity contribution < 1.29 is 24.0 Å². The number of halogens is 1. The van der Waals surface area contributed by atoms with Crippen molar-refractivity contribution in [2.24, 2.45) is 11.8 Å². The molecule has 2 fully saturated rings. The minimum absolute atomic E-state index is 0.00855. The number of thiocarbonyl (C=S) groups is 1. The molecule has 1 N–H and O–H groups in total. The highest BCUT2D eigenvalue weighted by Crippen LogP contribution is 2.54. The van der Waals surface area contributed by atoms with Gasteiger partial charge in [0.1, 0.15) is 24.4 Å². The third-order valence-electron chi connectivity index (χ3n) is 6.08. The highest BCUT2D eigenvalue weighted by molar-refractivity contribution is 8.04. The molecule has 3 aliphatic heterocycles. The fraction of sp³-hybridized carbons (Fsp3) is 0.524. The number of hydrogen-bond donors (Lipinski definition) is 1. The minimum Gasteiger partial charge on any atom is -0.477 e. The van der Waals surface area contributed by atoms with Gasteiger partial charge < -0.3 is 14.7 Å². The molecule has 2 saturated heterocycles. The summed E-state index contributed by atoms with van der Waals surface area (Å²) in [6.45, 7) is 3.17. The van der Waals surface area contributed by atoms with Crippen molar-refractivity contribution in [3.8, 4) is 0 Å². The number of non-ortho nitro benzene ring substituents is 1. The van der Waals surface area contributed by atoms with Gasteiger partial charge in [-0.15, -0.1) is 11.8 Å². The van der Waals surface area contributed by atoms with Crippen LogP contribution in [0.4, 0.5) is 10.1 Å². The smallest absolute Gasteiger partial charge is 0.269 e. The molecule has 8 nitrogen and oxygen atoms in total. The Morgan fingerprint density at radius 3 is 2.78 bits per heavy atom. The number of nitrogens with zero attached hydrogens (tertiary/aromatic N) is 3. The van der Waals surface area contributed by atoms with Crippen LogP contribution in [0.15, 0.2) is 34.9 Å². The van der Waals surface area contributed by atoms with Crippen LogP contribution < -0.4 is 0 Å². The highest BCUT2D eigenvalue weighted by Gasteiger charge is 2.58. The third-order valence-corrected chi connectivity index (χ3v) is 7.92. The Labute approximate surface area is 194 Å². The maximum absolute atomic E-state index is 12.8. The lowest BCUT2D eigenvalue weighted by Gasteiger charge is -2.44. The predicted molar refractivity (Wildman–Crippen MR) is 121 cm³/mol.